The Morgan fingerprint density at radius 1 is 0.971 bits per heavy atom. The van der Waals surface area contributed by atoms with E-state index in [0.717, 1.165) is 44.0 Å². The van der Waals surface area contributed by atoms with Crippen molar-refractivity contribution in [1.29, 1.82) is 0 Å². The number of aryl methyl sites for hydroxylation is 1. The van der Waals surface area contributed by atoms with E-state index in [1.807, 2.05) is 73.7 Å². The van der Waals surface area contributed by atoms with Gasteiger partial charge < -0.3 is 14.6 Å². The molecule has 1 heterocycles. The maximum Gasteiger partial charge on any atom is 0.234 e. The zero-order chi connectivity index (χ0) is 23.3. The second kappa shape index (κ2) is 10.0. The monoisotopic (exact) mass is 467 g/mol. The fourth-order valence-electron chi connectivity index (χ4n) is 4.00. The first-order valence-corrected chi connectivity index (χ1v) is 12.2. The fraction of sp³-hybridized carbons (Fsp3) is 0.143. The number of carbonyl (C=O) groups is 1. The molecule has 1 N–H and O–H groups in total. The number of para-hydroxylation sites is 2. The minimum absolute atomic E-state index is 0.0544. The Hall–Kier alpha value is -3.77. The van der Waals surface area contributed by atoms with Crippen LogP contribution in [-0.4, -0.2) is 27.8 Å². The number of nitrogens with one attached hydrogen (secondary N) is 1. The SMILES string of the molecule is Cc1cccc(NC(=O)CSc2nc3ccccc3n2CCOc2cccc3ccccc23)c1. The predicted molar refractivity (Wildman–Crippen MR) is 140 cm³/mol. The van der Waals surface area contributed by atoms with Crippen LogP contribution in [0, 0.1) is 6.92 Å². The van der Waals surface area contributed by atoms with Gasteiger partial charge in [0.1, 0.15) is 12.4 Å². The minimum Gasteiger partial charge on any atom is -0.491 e. The lowest BCUT2D eigenvalue weighted by atomic mass is 10.1. The van der Waals surface area contributed by atoms with Crippen molar-refractivity contribution in [2.75, 3.05) is 17.7 Å². The van der Waals surface area contributed by atoms with E-state index >= 15 is 0 Å². The van der Waals surface area contributed by atoms with Crippen LogP contribution in [0.4, 0.5) is 5.69 Å². The van der Waals surface area contributed by atoms with E-state index < -0.39 is 0 Å². The van der Waals surface area contributed by atoms with Gasteiger partial charge in [0, 0.05) is 11.1 Å². The summed E-state index contributed by atoms with van der Waals surface area (Å²) in [5.74, 6) is 1.09. The van der Waals surface area contributed by atoms with Crippen LogP contribution in [0.2, 0.25) is 0 Å². The van der Waals surface area contributed by atoms with Crippen LogP contribution in [0.25, 0.3) is 21.8 Å². The van der Waals surface area contributed by atoms with Gasteiger partial charge in [-0.3, -0.25) is 4.79 Å². The van der Waals surface area contributed by atoms with Crippen LogP contribution in [0.5, 0.6) is 5.75 Å². The highest BCUT2D eigenvalue weighted by molar-refractivity contribution is 7.99. The van der Waals surface area contributed by atoms with E-state index in [-0.39, 0.29) is 11.7 Å². The van der Waals surface area contributed by atoms with Crippen molar-refractivity contribution in [3.63, 3.8) is 0 Å². The molecule has 5 nitrogen and oxygen atoms in total. The van der Waals surface area contributed by atoms with E-state index in [0.29, 0.717) is 13.2 Å². The summed E-state index contributed by atoms with van der Waals surface area (Å²) in [4.78, 5) is 17.3. The number of amides is 1. The molecule has 0 spiro atoms. The Morgan fingerprint density at radius 3 is 2.68 bits per heavy atom. The number of anilines is 1. The molecule has 1 amide bonds. The van der Waals surface area contributed by atoms with Crippen molar-refractivity contribution < 1.29 is 9.53 Å². The van der Waals surface area contributed by atoms with Crippen molar-refractivity contribution >= 4 is 45.2 Å². The first-order valence-electron chi connectivity index (χ1n) is 11.2. The number of ether oxygens (including phenoxy) is 1. The highest BCUT2D eigenvalue weighted by atomic mass is 32.2. The van der Waals surface area contributed by atoms with E-state index in [2.05, 4.69) is 34.1 Å². The van der Waals surface area contributed by atoms with Crippen molar-refractivity contribution in [2.24, 2.45) is 0 Å². The Balaban J connectivity index is 1.29. The second-order valence-electron chi connectivity index (χ2n) is 8.07. The average molecular weight is 468 g/mol. The van der Waals surface area contributed by atoms with Crippen LogP contribution < -0.4 is 10.1 Å². The molecule has 0 unspecified atom stereocenters. The number of hydrogen-bond acceptors (Lipinski definition) is 4. The highest BCUT2D eigenvalue weighted by Gasteiger charge is 2.13. The Morgan fingerprint density at radius 2 is 1.76 bits per heavy atom. The smallest absolute Gasteiger partial charge is 0.234 e. The lowest BCUT2D eigenvalue weighted by molar-refractivity contribution is -0.113. The van der Waals surface area contributed by atoms with Gasteiger partial charge in [0.2, 0.25) is 5.91 Å². The third-order valence-electron chi connectivity index (χ3n) is 5.58. The van der Waals surface area contributed by atoms with E-state index in [1.165, 1.54) is 11.8 Å². The second-order valence-corrected chi connectivity index (χ2v) is 9.01. The van der Waals surface area contributed by atoms with Gasteiger partial charge in [-0.1, -0.05) is 72.4 Å². The molecule has 4 aromatic carbocycles. The maximum atomic E-state index is 12.6. The molecule has 0 radical (unpaired) electrons. The summed E-state index contributed by atoms with van der Waals surface area (Å²) in [5.41, 5.74) is 3.86. The summed E-state index contributed by atoms with van der Waals surface area (Å²) in [5, 5.41) is 6.03. The van der Waals surface area contributed by atoms with Gasteiger partial charge in [-0.15, -0.1) is 0 Å². The van der Waals surface area contributed by atoms with Gasteiger partial charge in [0.25, 0.3) is 0 Å². The molecular formula is C28H25N3O2S. The number of carbonyl (C=O) groups excluding carboxylic acids is 1. The molecule has 1 aromatic heterocycles. The Labute approximate surface area is 202 Å². The number of nitrogens with zero attached hydrogens (tertiary/aromatic N) is 2. The van der Waals surface area contributed by atoms with Gasteiger partial charge in [-0.05, 0) is 48.2 Å². The molecule has 0 aliphatic heterocycles. The first kappa shape index (κ1) is 22.0. The molecule has 0 aliphatic rings. The predicted octanol–water partition coefficient (Wildman–Crippen LogP) is 6.31. The third kappa shape index (κ3) is 4.92. The molecule has 0 fully saturated rings. The van der Waals surface area contributed by atoms with Crippen LogP contribution in [0.1, 0.15) is 5.56 Å². The van der Waals surface area contributed by atoms with Crippen LogP contribution in [0.15, 0.2) is 96.2 Å². The van der Waals surface area contributed by atoms with Crippen molar-refractivity contribution in [3.8, 4) is 5.75 Å². The highest BCUT2D eigenvalue weighted by Crippen LogP contribution is 2.27. The van der Waals surface area contributed by atoms with Gasteiger partial charge in [-0.25, -0.2) is 4.98 Å². The Bertz CT molecular complexity index is 1460. The molecule has 6 heteroatoms. The minimum atomic E-state index is -0.0544. The molecule has 0 saturated heterocycles. The number of hydrogen-bond donors (Lipinski definition) is 1. The number of benzene rings is 4. The Kier molecular flexibility index (Phi) is 6.49. The maximum absolute atomic E-state index is 12.6. The summed E-state index contributed by atoms with van der Waals surface area (Å²) in [6, 6.07) is 30.1. The number of aromatic nitrogens is 2. The summed E-state index contributed by atoms with van der Waals surface area (Å²) >= 11 is 1.44. The number of imidazole rings is 1. The summed E-state index contributed by atoms with van der Waals surface area (Å²) in [6.45, 7) is 3.13. The molecule has 0 bridgehead atoms. The zero-order valence-electron chi connectivity index (χ0n) is 18.9. The molecule has 0 aliphatic carbocycles. The molecular weight excluding hydrogens is 442 g/mol. The van der Waals surface area contributed by atoms with Crippen molar-refractivity contribution in [1.82, 2.24) is 9.55 Å². The van der Waals surface area contributed by atoms with Gasteiger partial charge >= 0.3 is 0 Å². The number of fused-ring (bicyclic) bond motifs is 2. The number of rotatable bonds is 8. The first-order chi connectivity index (χ1) is 16.7. The molecule has 170 valence electrons. The van der Waals surface area contributed by atoms with Crippen LogP contribution in [-0.2, 0) is 11.3 Å². The molecule has 34 heavy (non-hydrogen) atoms. The lowest BCUT2D eigenvalue weighted by Gasteiger charge is -2.12. The normalized spacial score (nSPS) is 11.1. The molecule has 0 atom stereocenters. The average Bonchev–Trinajstić information content (AvgIpc) is 3.20. The van der Waals surface area contributed by atoms with Crippen LogP contribution in [0.3, 0.4) is 0 Å². The molecule has 0 saturated carbocycles. The summed E-state index contributed by atoms with van der Waals surface area (Å²) in [7, 11) is 0. The molecule has 5 rings (SSSR count). The van der Waals surface area contributed by atoms with Crippen LogP contribution >= 0.6 is 11.8 Å². The lowest BCUT2D eigenvalue weighted by Crippen LogP contribution is -2.15. The van der Waals surface area contributed by atoms with E-state index in [9.17, 15) is 4.79 Å². The standard InChI is InChI=1S/C28H25N3O2S/c1-20-8-6-11-22(18-20)29-27(32)19-34-28-30-24-13-4-5-14-25(24)31(28)16-17-33-26-15-7-10-21-9-2-3-12-23(21)26/h2-15,18H,16-17,19H2,1H3,(H,29,32). The topological polar surface area (TPSA) is 56.2 Å². The third-order valence-corrected chi connectivity index (χ3v) is 6.55. The quantitative estimate of drug-likeness (QED) is 0.272. The fourth-order valence-corrected chi connectivity index (χ4v) is 4.84. The van der Waals surface area contributed by atoms with Crippen molar-refractivity contribution in [3.05, 3.63) is 96.6 Å². The zero-order valence-corrected chi connectivity index (χ0v) is 19.7. The van der Waals surface area contributed by atoms with E-state index in [4.69, 9.17) is 9.72 Å². The summed E-state index contributed by atoms with van der Waals surface area (Å²) in [6.07, 6.45) is 0. The van der Waals surface area contributed by atoms with Gasteiger partial charge in [0.05, 0.1) is 23.3 Å². The van der Waals surface area contributed by atoms with E-state index in [1.54, 1.807) is 0 Å². The summed E-state index contributed by atoms with van der Waals surface area (Å²) < 4.78 is 8.31. The number of thioether (sulfide) groups is 1. The molecule has 5 aromatic rings. The largest absolute Gasteiger partial charge is 0.491 e. The van der Waals surface area contributed by atoms with Crippen molar-refractivity contribution in [2.45, 2.75) is 18.6 Å². The van der Waals surface area contributed by atoms with Gasteiger partial charge in [-0.2, -0.15) is 0 Å². The van der Waals surface area contributed by atoms with Gasteiger partial charge in [0.15, 0.2) is 5.16 Å².